The number of sulfonamides is 1. The standard InChI is InChI=1S/C23H17Cl3N2O5S/c24-15-9-16(25)11-18(10-15)34(32,33)28-7-1-2-13-3-4-14(8-21(13)28)22(29)27-17-5-6-19(23(30)31)20(26)12-17/h3-6,8-12H,1-2,7H2,(H,27,29)(H,30,31). The summed E-state index contributed by atoms with van der Waals surface area (Å²) in [6.45, 7) is 0.233. The van der Waals surface area contributed by atoms with Crippen molar-refractivity contribution in [3.63, 3.8) is 0 Å². The number of nitrogens with zero attached hydrogens (tertiary/aromatic N) is 1. The Kier molecular flexibility index (Phi) is 6.78. The van der Waals surface area contributed by atoms with E-state index in [9.17, 15) is 18.0 Å². The maximum absolute atomic E-state index is 13.4. The molecular weight excluding hydrogens is 523 g/mol. The summed E-state index contributed by atoms with van der Waals surface area (Å²) in [5.41, 5.74) is 1.62. The Labute approximate surface area is 210 Å². The average Bonchev–Trinajstić information content (AvgIpc) is 2.77. The van der Waals surface area contributed by atoms with E-state index in [-0.39, 0.29) is 37.6 Å². The lowest BCUT2D eigenvalue weighted by Gasteiger charge is -2.31. The fourth-order valence-electron chi connectivity index (χ4n) is 3.71. The number of hydrogen-bond donors (Lipinski definition) is 2. The molecule has 1 heterocycles. The number of carboxylic acid groups (broad SMARTS) is 1. The van der Waals surface area contributed by atoms with Crippen molar-refractivity contribution in [1.29, 1.82) is 0 Å². The second-order valence-corrected chi connectivity index (χ2v) is 10.7. The second kappa shape index (κ2) is 9.46. The van der Waals surface area contributed by atoms with Gasteiger partial charge >= 0.3 is 5.97 Å². The van der Waals surface area contributed by atoms with Crippen LogP contribution >= 0.6 is 34.8 Å². The Hall–Kier alpha value is -2.78. The zero-order chi connectivity index (χ0) is 24.6. The van der Waals surface area contributed by atoms with Crippen LogP contribution in [-0.2, 0) is 16.4 Å². The van der Waals surface area contributed by atoms with E-state index in [1.807, 2.05) is 0 Å². The summed E-state index contributed by atoms with van der Waals surface area (Å²) >= 11 is 18.0. The van der Waals surface area contributed by atoms with E-state index < -0.39 is 21.9 Å². The van der Waals surface area contributed by atoms with Gasteiger partial charge in [0.25, 0.3) is 15.9 Å². The van der Waals surface area contributed by atoms with Gasteiger partial charge < -0.3 is 10.4 Å². The van der Waals surface area contributed by atoms with E-state index in [0.29, 0.717) is 24.2 Å². The number of nitrogens with one attached hydrogen (secondary N) is 1. The molecule has 1 amide bonds. The lowest BCUT2D eigenvalue weighted by molar-refractivity contribution is 0.0697. The number of hydrogen-bond acceptors (Lipinski definition) is 4. The van der Waals surface area contributed by atoms with Gasteiger partial charge in [0.05, 0.1) is 21.2 Å². The van der Waals surface area contributed by atoms with Crippen molar-refractivity contribution < 1.29 is 23.1 Å². The molecule has 3 aromatic carbocycles. The summed E-state index contributed by atoms with van der Waals surface area (Å²) in [6.07, 6.45) is 1.27. The molecule has 0 radical (unpaired) electrons. The largest absolute Gasteiger partial charge is 0.478 e. The molecule has 34 heavy (non-hydrogen) atoms. The van der Waals surface area contributed by atoms with E-state index >= 15 is 0 Å². The topological polar surface area (TPSA) is 104 Å². The van der Waals surface area contributed by atoms with Crippen molar-refractivity contribution in [2.45, 2.75) is 17.7 Å². The first-order valence-electron chi connectivity index (χ1n) is 10.0. The molecule has 0 bridgehead atoms. The predicted molar refractivity (Wildman–Crippen MR) is 132 cm³/mol. The third-order valence-electron chi connectivity index (χ3n) is 5.30. The number of aromatic carboxylic acids is 1. The van der Waals surface area contributed by atoms with Crippen molar-refractivity contribution in [3.05, 3.63) is 86.4 Å². The molecule has 2 N–H and O–H groups in total. The molecule has 0 fully saturated rings. The highest BCUT2D eigenvalue weighted by Gasteiger charge is 2.30. The number of carboxylic acids is 1. The first kappa shape index (κ1) is 24.3. The molecular formula is C23H17Cl3N2O5S. The van der Waals surface area contributed by atoms with E-state index in [2.05, 4.69) is 5.32 Å². The van der Waals surface area contributed by atoms with E-state index in [1.54, 1.807) is 12.1 Å². The molecule has 3 aromatic rings. The molecule has 11 heteroatoms. The van der Waals surface area contributed by atoms with Gasteiger partial charge in [0, 0.05) is 27.8 Å². The SMILES string of the molecule is O=C(Nc1ccc(C(=O)O)c(Cl)c1)c1ccc2c(c1)N(S(=O)(=O)c1cc(Cl)cc(Cl)c1)CCC2. The lowest BCUT2D eigenvalue weighted by atomic mass is 10.0. The van der Waals surface area contributed by atoms with Crippen LogP contribution in [0.1, 0.15) is 32.7 Å². The van der Waals surface area contributed by atoms with E-state index in [1.165, 1.54) is 46.8 Å². The van der Waals surface area contributed by atoms with Crippen LogP contribution in [0.25, 0.3) is 0 Å². The molecule has 0 saturated carbocycles. The maximum Gasteiger partial charge on any atom is 0.337 e. The summed E-state index contributed by atoms with van der Waals surface area (Å²) < 4.78 is 28.0. The quantitative estimate of drug-likeness (QED) is 0.430. The molecule has 0 saturated heterocycles. The highest BCUT2D eigenvalue weighted by Crippen LogP contribution is 2.34. The van der Waals surface area contributed by atoms with Crippen molar-refractivity contribution in [3.8, 4) is 0 Å². The highest BCUT2D eigenvalue weighted by molar-refractivity contribution is 7.92. The van der Waals surface area contributed by atoms with Gasteiger partial charge in [-0.2, -0.15) is 0 Å². The number of aryl methyl sites for hydroxylation is 1. The Morgan fingerprint density at radius 2 is 1.65 bits per heavy atom. The van der Waals surface area contributed by atoms with Crippen LogP contribution in [0, 0.1) is 0 Å². The zero-order valence-corrected chi connectivity index (χ0v) is 20.5. The first-order chi connectivity index (χ1) is 16.1. The van der Waals surface area contributed by atoms with Crippen molar-refractivity contribution in [2.24, 2.45) is 0 Å². The zero-order valence-electron chi connectivity index (χ0n) is 17.4. The summed E-state index contributed by atoms with van der Waals surface area (Å²) in [6, 6.07) is 13.0. The van der Waals surface area contributed by atoms with Gasteiger partial charge in [-0.3, -0.25) is 9.10 Å². The molecule has 0 spiro atoms. The molecule has 1 aliphatic rings. The highest BCUT2D eigenvalue weighted by atomic mass is 35.5. The number of rotatable bonds is 5. The Balaban J connectivity index is 1.66. The monoisotopic (exact) mass is 538 g/mol. The predicted octanol–water partition coefficient (Wildman–Crippen LogP) is 5.74. The summed E-state index contributed by atoms with van der Waals surface area (Å²) in [4.78, 5) is 24.0. The van der Waals surface area contributed by atoms with Gasteiger partial charge in [0.15, 0.2) is 0 Å². The number of amides is 1. The number of benzene rings is 3. The normalized spacial score (nSPS) is 13.3. The van der Waals surface area contributed by atoms with Gasteiger partial charge in [-0.25, -0.2) is 13.2 Å². The molecule has 0 aromatic heterocycles. The summed E-state index contributed by atoms with van der Waals surface area (Å²) in [5, 5.41) is 12.1. The van der Waals surface area contributed by atoms with Crippen LogP contribution < -0.4 is 9.62 Å². The summed E-state index contributed by atoms with van der Waals surface area (Å²) in [7, 11) is -3.98. The third-order valence-corrected chi connectivity index (χ3v) is 7.85. The van der Waals surface area contributed by atoms with Crippen molar-refractivity contribution >= 4 is 68.1 Å². The number of carbonyl (C=O) groups excluding carboxylic acids is 1. The van der Waals surface area contributed by atoms with Crippen molar-refractivity contribution in [2.75, 3.05) is 16.2 Å². The smallest absolute Gasteiger partial charge is 0.337 e. The van der Waals surface area contributed by atoms with Gasteiger partial charge in [-0.05, 0) is 66.9 Å². The minimum absolute atomic E-state index is 0.0202. The molecule has 4 rings (SSSR count). The number of fused-ring (bicyclic) bond motifs is 1. The minimum Gasteiger partial charge on any atom is -0.478 e. The maximum atomic E-state index is 13.4. The number of anilines is 2. The second-order valence-electron chi connectivity index (χ2n) is 7.58. The van der Waals surface area contributed by atoms with Gasteiger partial charge in [-0.1, -0.05) is 40.9 Å². The Morgan fingerprint density at radius 3 is 2.29 bits per heavy atom. The molecule has 176 valence electrons. The van der Waals surface area contributed by atoms with E-state index in [0.717, 1.165) is 5.56 Å². The molecule has 1 aliphatic heterocycles. The fourth-order valence-corrected chi connectivity index (χ4v) is 6.23. The average molecular weight is 540 g/mol. The number of carbonyl (C=O) groups is 2. The Morgan fingerprint density at radius 1 is 0.941 bits per heavy atom. The van der Waals surface area contributed by atoms with Crippen LogP contribution in [-0.4, -0.2) is 31.9 Å². The first-order valence-corrected chi connectivity index (χ1v) is 12.6. The van der Waals surface area contributed by atoms with Gasteiger partial charge in [0.2, 0.25) is 0 Å². The van der Waals surface area contributed by atoms with Gasteiger partial charge in [0.1, 0.15) is 0 Å². The van der Waals surface area contributed by atoms with Crippen LogP contribution in [0.2, 0.25) is 15.1 Å². The van der Waals surface area contributed by atoms with Gasteiger partial charge in [-0.15, -0.1) is 0 Å². The van der Waals surface area contributed by atoms with Crippen LogP contribution in [0.15, 0.2) is 59.5 Å². The van der Waals surface area contributed by atoms with E-state index in [4.69, 9.17) is 39.9 Å². The number of halogens is 3. The minimum atomic E-state index is -3.98. The summed E-state index contributed by atoms with van der Waals surface area (Å²) in [5.74, 6) is -1.68. The Bertz CT molecular complexity index is 1410. The van der Waals surface area contributed by atoms with Crippen molar-refractivity contribution in [1.82, 2.24) is 0 Å². The molecule has 0 atom stereocenters. The van der Waals surface area contributed by atoms with Crippen LogP contribution in [0.5, 0.6) is 0 Å². The molecule has 7 nitrogen and oxygen atoms in total. The van der Waals surface area contributed by atoms with Crippen LogP contribution in [0.4, 0.5) is 11.4 Å². The van der Waals surface area contributed by atoms with Crippen LogP contribution in [0.3, 0.4) is 0 Å². The molecule has 0 unspecified atom stereocenters. The molecule has 0 aliphatic carbocycles. The third kappa shape index (κ3) is 4.86. The fraction of sp³-hybridized carbons (Fsp3) is 0.130. The lowest BCUT2D eigenvalue weighted by Crippen LogP contribution is -2.35.